The van der Waals surface area contributed by atoms with Crippen molar-refractivity contribution in [1.82, 2.24) is 0 Å². The molecule has 168 valence electrons. The average Bonchev–Trinajstić information content (AvgIpc) is 3.15. The molecule has 3 aromatic carbocycles. The van der Waals surface area contributed by atoms with Crippen LogP contribution >= 0.6 is 0 Å². The van der Waals surface area contributed by atoms with Gasteiger partial charge in [-0.15, -0.1) is 0 Å². The number of rotatable bonds is 4. The molecule has 0 fully saturated rings. The van der Waals surface area contributed by atoms with Crippen LogP contribution in [0.25, 0.3) is 11.1 Å². The summed E-state index contributed by atoms with van der Waals surface area (Å²) in [7, 11) is 2.35. The molecule has 3 aromatic rings. The SMILES string of the molecule is COC(=O)C1(C(=O)OC)C(c2ccccc2)=C(c2ccc(C(F)(F)F)cc2)c2ccccc21. The van der Waals surface area contributed by atoms with Gasteiger partial charge in [-0.25, -0.2) is 0 Å². The smallest absolute Gasteiger partial charge is 0.416 e. The molecule has 0 bridgehead atoms. The van der Waals surface area contributed by atoms with Crippen LogP contribution in [0.1, 0.15) is 27.8 Å². The third kappa shape index (κ3) is 3.40. The van der Waals surface area contributed by atoms with Crippen molar-refractivity contribution in [3.63, 3.8) is 0 Å². The third-order valence-corrected chi connectivity index (χ3v) is 5.77. The van der Waals surface area contributed by atoms with Gasteiger partial charge in [-0.2, -0.15) is 13.2 Å². The summed E-state index contributed by atoms with van der Waals surface area (Å²) in [5, 5.41) is 0. The standard InChI is InChI=1S/C26H19F3O4/c1-32-23(30)25(24(31)33-2)20-11-7-6-10-19(20)21(22(25)17-8-4-3-5-9-17)16-12-14-18(15-13-16)26(27,28)29/h3-15H,1-2H3. The highest BCUT2D eigenvalue weighted by Crippen LogP contribution is 2.54. The number of halogens is 3. The lowest BCUT2D eigenvalue weighted by Crippen LogP contribution is -2.45. The quantitative estimate of drug-likeness (QED) is 0.400. The van der Waals surface area contributed by atoms with Gasteiger partial charge in [0.05, 0.1) is 19.8 Å². The number of hydrogen-bond acceptors (Lipinski definition) is 4. The highest BCUT2D eigenvalue weighted by molar-refractivity contribution is 6.27. The molecule has 1 aliphatic rings. The van der Waals surface area contributed by atoms with Gasteiger partial charge in [-0.1, -0.05) is 66.7 Å². The van der Waals surface area contributed by atoms with Crippen LogP contribution in [0.3, 0.4) is 0 Å². The zero-order chi connectivity index (χ0) is 23.8. The number of esters is 2. The van der Waals surface area contributed by atoms with Crippen molar-refractivity contribution in [3.05, 3.63) is 107 Å². The molecule has 1 aliphatic carbocycles. The summed E-state index contributed by atoms with van der Waals surface area (Å²) in [5.74, 6) is -1.69. The molecule has 0 saturated heterocycles. The normalized spacial score (nSPS) is 14.6. The van der Waals surface area contributed by atoms with E-state index in [2.05, 4.69) is 0 Å². The molecule has 0 heterocycles. The van der Waals surface area contributed by atoms with E-state index < -0.39 is 29.1 Å². The van der Waals surface area contributed by atoms with Gasteiger partial charge in [0, 0.05) is 5.57 Å². The molecule has 0 radical (unpaired) electrons. The Bertz CT molecular complexity index is 1230. The highest BCUT2D eigenvalue weighted by atomic mass is 19.4. The number of benzene rings is 3. The van der Waals surface area contributed by atoms with Crippen molar-refractivity contribution >= 4 is 23.1 Å². The Morgan fingerprint density at radius 2 is 1.27 bits per heavy atom. The second-order valence-corrected chi connectivity index (χ2v) is 7.47. The number of carbonyl (C=O) groups excluding carboxylic acids is 2. The molecule has 0 aromatic heterocycles. The van der Waals surface area contributed by atoms with Crippen LogP contribution in [0.4, 0.5) is 13.2 Å². The molecule has 33 heavy (non-hydrogen) atoms. The van der Waals surface area contributed by atoms with Gasteiger partial charge < -0.3 is 9.47 Å². The number of fused-ring (bicyclic) bond motifs is 1. The topological polar surface area (TPSA) is 52.6 Å². The van der Waals surface area contributed by atoms with Gasteiger partial charge in [0.15, 0.2) is 0 Å². The Labute approximate surface area is 188 Å². The number of ether oxygens (including phenoxy) is 2. The van der Waals surface area contributed by atoms with Crippen molar-refractivity contribution in [2.45, 2.75) is 11.6 Å². The maximum atomic E-state index is 13.3. The number of methoxy groups -OCH3 is 2. The summed E-state index contributed by atoms with van der Waals surface area (Å²) in [6, 6.07) is 20.1. The van der Waals surface area contributed by atoms with Gasteiger partial charge in [-0.3, -0.25) is 9.59 Å². The Kier molecular flexibility index (Phi) is 5.57. The average molecular weight is 452 g/mol. The molecule has 4 nitrogen and oxygen atoms in total. The molecule has 0 atom stereocenters. The van der Waals surface area contributed by atoms with Crippen LogP contribution in [0.15, 0.2) is 78.9 Å². The second-order valence-electron chi connectivity index (χ2n) is 7.47. The summed E-state index contributed by atoms with van der Waals surface area (Å²) in [5.41, 5.74) is -0.150. The lowest BCUT2D eigenvalue weighted by atomic mass is 9.74. The predicted molar refractivity (Wildman–Crippen MR) is 116 cm³/mol. The molecule has 4 rings (SSSR count). The van der Waals surface area contributed by atoms with Crippen LogP contribution in [0.2, 0.25) is 0 Å². The molecule has 0 aliphatic heterocycles. The van der Waals surface area contributed by atoms with Crippen molar-refractivity contribution in [3.8, 4) is 0 Å². The fourth-order valence-corrected chi connectivity index (χ4v) is 4.39. The number of hydrogen-bond donors (Lipinski definition) is 0. The first-order chi connectivity index (χ1) is 15.8. The van der Waals surface area contributed by atoms with Gasteiger partial charge in [0.1, 0.15) is 0 Å². The Balaban J connectivity index is 2.13. The predicted octanol–water partition coefficient (Wildman–Crippen LogP) is 5.26. The van der Waals surface area contributed by atoms with E-state index in [9.17, 15) is 22.8 Å². The number of alkyl halides is 3. The van der Waals surface area contributed by atoms with E-state index in [0.717, 1.165) is 12.1 Å². The van der Waals surface area contributed by atoms with Crippen LogP contribution in [0, 0.1) is 0 Å². The van der Waals surface area contributed by atoms with Gasteiger partial charge in [0.25, 0.3) is 0 Å². The molecule has 0 unspecified atom stereocenters. The molecule has 0 saturated carbocycles. The fourth-order valence-electron chi connectivity index (χ4n) is 4.39. The van der Waals surface area contributed by atoms with Crippen molar-refractivity contribution in [1.29, 1.82) is 0 Å². The van der Waals surface area contributed by atoms with E-state index in [-0.39, 0.29) is 0 Å². The first kappa shape index (κ1) is 22.3. The molecular formula is C26H19F3O4. The zero-order valence-corrected chi connectivity index (χ0v) is 17.8. The van der Waals surface area contributed by atoms with Gasteiger partial charge in [0.2, 0.25) is 5.41 Å². The summed E-state index contributed by atoms with van der Waals surface area (Å²) in [4.78, 5) is 26.7. The van der Waals surface area contributed by atoms with E-state index in [1.54, 1.807) is 54.6 Å². The van der Waals surface area contributed by atoms with Crippen molar-refractivity contribution in [2.24, 2.45) is 0 Å². The first-order valence-electron chi connectivity index (χ1n) is 10.0. The molecule has 7 heteroatoms. The Morgan fingerprint density at radius 3 is 1.82 bits per heavy atom. The van der Waals surface area contributed by atoms with Crippen LogP contribution in [-0.4, -0.2) is 26.2 Å². The van der Waals surface area contributed by atoms with Crippen LogP contribution < -0.4 is 0 Å². The molecule has 0 N–H and O–H groups in total. The minimum Gasteiger partial charge on any atom is -0.468 e. The zero-order valence-electron chi connectivity index (χ0n) is 17.8. The van der Waals surface area contributed by atoms with E-state index in [0.29, 0.717) is 33.4 Å². The second kappa shape index (κ2) is 8.24. The molecule has 0 amide bonds. The van der Waals surface area contributed by atoms with Crippen molar-refractivity contribution in [2.75, 3.05) is 14.2 Å². The highest BCUT2D eigenvalue weighted by Gasteiger charge is 2.59. The van der Waals surface area contributed by atoms with Crippen molar-refractivity contribution < 1.29 is 32.2 Å². The summed E-state index contributed by atoms with van der Waals surface area (Å²) in [6.45, 7) is 0. The maximum absolute atomic E-state index is 13.3. The monoisotopic (exact) mass is 452 g/mol. The Morgan fingerprint density at radius 1 is 0.727 bits per heavy atom. The minimum absolute atomic E-state index is 0.294. The summed E-state index contributed by atoms with van der Waals surface area (Å²) < 4.78 is 49.7. The Hall–Kier alpha value is -3.87. The summed E-state index contributed by atoms with van der Waals surface area (Å²) >= 11 is 0. The van der Waals surface area contributed by atoms with Gasteiger partial charge >= 0.3 is 18.1 Å². The first-order valence-corrected chi connectivity index (χ1v) is 10.0. The summed E-state index contributed by atoms with van der Waals surface area (Å²) in [6.07, 6.45) is -4.50. The van der Waals surface area contributed by atoms with Crippen LogP contribution in [0.5, 0.6) is 0 Å². The lowest BCUT2D eigenvalue weighted by Gasteiger charge is -2.28. The molecular weight excluding hydrogens is 433 g/mol. The largest absolute Gasteiger partial charge is 0.468 e. The fraction of sp³-hybridized carbons (Fsp3) is 0.154. The van der Waals surface area contributed by atoms with Gasteiger partial charge in [-0.05, 0) is 40.0 Å². The van der Waals surface area contributed by atoms with E-state index in [1.807, 2.05) is 0 Å². The number of carbonyl (C=O) groups is 2. The lowest BCUT2D eigenvalue weighted by molar-refractivity contribution is -0.158. The minimum atomic E-state index is -4.50. The molecule has 0 spiro atoms. The maximum Gasteiger partial charge on any atom is 0.416 e. The van der Waals surface area contributed by atoms with E-state index in [1.165, 1.54) is 26.4 Å². The third-order valence-electron chi connectivity index (χ3n) is 5.77. The van der Waals surface area contributed by atoms with E-state index >= 15 is 0 Å². The van der Waals surface area contributed by atoms with Crippen LogP contribution in [-0.2, 0) is 30.7 Å². The van der Waals surface area contributed by atoms with E-state index in [4.69, 9.17) is 9.47 Å².